The van der Waals surface area contributed by atoms with Gasteiger partial charge >= 0.3 is 0 Å². The van der Waals surface area contributed by atoms with Gasteiger partial charge in [-0.2, -0.15) is 0 Å². The molecule has 0 aromatic heterocycles. The van der Waals surface area contributed by atoms with Gasteiger partial charge in [0.25, 0.3) is 0 Å². The first-order valence-corrected chi connectivity index (χ1v) is 9.02. The van der Waals surface area contributed by atoms with Crippen LogP contribution in [0.15, 0.2) is 42.5 Å². The zero-order chi connectivity index (χ0) is 19.2. The van der Waals surface area contributed by atoms with Crippen molar-refractivity contribution in [3.63, 3.8) is 0 Å². The number of amides is 2. The maximum absolute atomic E-state index is 12.3. The van der Waals surface area contributed by atoms with Crippen molar-refractivity contribution in [3.8, 4) is 11.5 Å². The Bertz CT molecular complexity index is 817. The first-order chi connectivity index (χ1) is 13.1. The summed E-state index contributed by atoms with van der Waals surface area (Å²) >= 11 is 0. The number of anilines is 2. The lowest BCUT2D eigenvalue weighted by Crippen LogP contribution is -2.23. The van der Waals surface area contributed by atoms with Gasteiger partial charge in [0.15, 0.2) is 0 Å². The van der Waals surface area contributed by atoms with Crippen LogP contribution in [-0.2, 0) is 16.0 Å². The van der Waals surface area contributed by atoms with E-state index < -0.39 is 0 Å². The maximum Gasteiger partial charge on any atom is 0.227 e. The van der Waals surface area contributed by atoms with Crippen LogP contribution >= 0.6 is 0 Å². The number of methoxy groups -OCH3 is 2. The molecule has 6 heteroatoms. The summed E-state index contributed by atoms with van der Waals surface area (Å²) in [5.41, 5.74) is 2.51. The average Bonchev–Trinajstić information content (AvgIpc) is 3.12. The minimum atomic E-state index is -0.0788. The number of carbonyl (C=O) groups is 2. The molecule has 2 aromatic rings. The van der Waals surface area contributed by atoms with Gasteiger partial charge in [0, 0.05) is 30.8 Å². The van der Waals surface area contributed by atoms with Crippen molar-refractivity contribution in [3.05, 3.63) is 48.0 Å². The molecule has 2 aromatic carbocycles. The molecule has 142 valence electrons. The van der Waals surface area contributed by atoms with E-state index in [1.54, 1.807) is 19.1 Å². The summed E-state index contributed by atoms with van der Waals surface area (Å²) in [4.78, 5) is 25.9. The molecule has 27 heavy (non-hydrogen) atoms. The summed E-state index contributed by atoms with van der Waals surface area (Å²) in [5, 5.41) is 2.89. The molecule has 2 amide bonds. The zero-order valence-corrected chi connectivity index (χ0v) is 15.7. The van der Waals surface area contributed by atoms with Crippen molar-refractivity contribution in [1.29, 1.82) is 0 Å². The summed E-state index contributed by atoms with van der Waals surface area (Å²) in [5.74, 6) is 1.55. The minimum Gasteiger partial charge on any atom is -0.497 e. The first-order valence-electron chi connectivity index (χ1n) is 9.02. The molecule has 0 unspecified atom stereocenters. The summed E-state index contributed by atoms with van der Waals surface area (Å²) in [6.45, 7) is 0.757. The van der Waals surface area contributed by atoms with Crippen LogP contribution in [-0.4, -0.2) is 32.6 Å². The van der Waals surface area contributed by atoms with E-state index in [1.807, 2.05) is 42.5 Å². The molecule has 0 radical (unpaired) electrons. The molecule has 6 nitrogen and oxygen atoms in total. The lowest BCUT2D eigenvalue weighted by atomic mass is 10.1. The molecule has 0 spiro atoms. The molecule has 1 N–H and O–H groups in total. The number of benzene rings is 2. The summed E-state index contributed by atoms with van der Waals surface area (Å²) in [6.07, 6.45) is 2.37. The van der Waals surface area contributed by atoms with Crippen LogP contribution in [0.2, 0.25) is 0 Å². The van der Waals surface area contributed by atoms with Crippen molar-refractivity contribution in [2.75, 3.05) is 31.0 Å². The molecular formula is C21H24N2O4. The van der Waals surface area contributed by atoms with Crippen molar-refractivity contribution in [2.45, 2.75) is 25.7 Å². The Balaban J connectivity index is 1.57. The summed E-state index contributed by atoms with van der Waals surface area (Å²) in [6, 6.07) is 12.9. The quantitative estimate of drug-likeness (QED) is 0.813. The van der Waals surface area contributed by atoms with Crippen LogP contribution in [0, 0.1) is 0 Å². The van der Waals surface area contributed by atoms with E-state index in [2.05, 4.69) is 5.32 Å². The molecule has 0 bridgehead atoms. The van der Waals surface area contributed by atoms with E-state index in [-0.39, 0.29) is 11.8 Å². The second-order valence-corrected chi connectivity index (χ2v) is 6.42. The Morgan fingerprint density at radius 2 is 1.89 bits per heavy atom. The zero-order valence-electron chi connectivity index (χ0n) is 15.7. The van der Waals surface area contributed by atoms with E-state index in [4.69, 9.17) is 9.47 Å². The number of hydrogen-bond acceptors (Lipinski definition) is 4. The van der Waals surface area contributed by atoms with Crippen molar-refractivity contribution in [1.82, 2.24) is 0 Å². The Hall–Kier alpha value is -3.02. The Kier molecular flexibility index (Phi) is 5.96. The highest BCUT2D eigenvalue weighted by molar-refractivity contribution is 5.96. The van der Waals surface area contributed by atoms with Gasteiger partial charge in [0.05, 0.1) is 14.2 Å². The molecule has 3 rings (SSSR count). The smallest absolute Gasteiger partial charge is 0.227 e. The molecule has 1 heterocycles. The fraction of sp³-hybridized carbons (Fsp3) is 0.333. The van der Waals surface area contributed by atoms with Gasteiger partial charge in [0.2, 0.25) is 11.8 Å². The fourth-order valence-corrected chi connectivity index (χ4v) is 3.19. The number of aryl methyl sites for hydroxylation is 1. The van der Waals surface area contributed by atoms with E-state index in [0.29, 0.717) is 24.9 Å². The molecule has 1 aliphatic rings. The summed E-state index contributed by atoms with van der Waals surface area (Å²) < 4.78 is 10.6. The van der Waals surface area contributed by atoms with Gasteiger partial charge in [-0.3, -0.25) is 9.59 Å². The Morgan fingerprint density at radius 1 is 1.11 bits per heavy atom. The Morgan fingerprint density at radius 3 is 2.52 bits per heavy atom. The van der Waals surface area contributed by atoms with Gasteiger partial charge in [0.1, 0.15) is 11.5 Å². The Labute approximate surface area is 159 Å². The maximum atomic E-state index is 12.3. The molecular weight excluding hydrogens is 344 g/mol. The van der Waals surface area contributed by atoms with Crippen LogP contribution < -0.4 is 19.7 Å². The third-order valence-electron chi connectivity index (χ3n) is 4.65. The number of rotatable bonds is 7. The molecule has 0 aliphatic carbocycles. The van der Waals surface area contributed by atoms with Gasteiger partial charge in [-0.25, -0.2) is 0 Å². The van der Waals surface area contributed by atoms with Crippen molar-refractivity contribution >= 4 is 23.2 Å². The number of nitrogens with one attached hydrogen (secondary N) is 1. The fourth-order valence-electron chi connectivity index (χ4n) is 3.19. The normalized spacial score (nSPS) is 13.6. The van der Waals surface area contributed by atoms with E-state index >= 15 is 0 Å². The summed E-state index contributed by atoms with van der Waals surface area (Å²) in [7, 11) is 3.22. The number of ether oxygens (including phenoxy) is 2. The second-order valence-electron chi connectivity index (χ2n) is 6.42. The lowest BCUT2D eigenvalue weighted by Gasteiger charge is -2.16. The third kappa shape index (κ3) is 4.58. The van der Waals surface area contributed by atoms with E-state index in [9.17, 15) is 9.59 Å². The van der Waals surface area contributed by atoms with Crippen LogP contribution in [0.4, 0.5) is 11.4 Å². The number of hydrogen-bond donors (Lipinski definition) is 1. The number of nitrogens with zero attached hydrogens (tertiary/aromatic N) is 1. The standard InChI is InChI=1S/C21H24N2O4/c1-26-18-10-11-19(27-2)15(14-18)5-12-20(24)22-16-6-8-17(9-7-16)23-13-3-4-21(23)25/h6-11,14H,3-5,12-13H2,1-2H3,(H,22,24). The highest BCUT2D eigenvalue weighted by atomic mass is 16.5. The highest BCUT2D eigenvalue weighted by Gasteiger charge is 2.21. The number of carbonyl (C=O) groups excluding carboxylic acids is 2. The monoisotopic (exact) mass is 368 g/mol. The largest absolute Gasteiger partial charge is 0.497 e. The topological polar surface area (TPSA) is 67.9 Å². The van der Waals surface area contributed by atoms with Crippen LogP contribution in [0.3, 0.4) is 0 Å². The highest BCUT2D eigenvalue weighted by Crippen LogP contribution is 2.26. The van der Waals surface area contributed by atoms with Crippen LogP contribution in [0.1, 0.15) is 24.8 Å². The van der Waals surface area contributed by atoms with Crippen molar-refractivity contribution < 1.29 is 19.1 Å². The minimum absolute atomic E-state index is 0.0788. The molecule has 1 saturated heterocycles. The molecule has 0 atom stereocenters. The molecule has 0 saturated carbocycles. The molecule has 1 aliphatic heterocycles. The third-order valence-corrected chi connectivity index (χ3v) is 4.65. The van der Waals surface area contributed by atoms with Crippen LogP contribution in [0.25, 0.3) is 0 Å². The van der Waals surface area contributed by atoms with Gasteiger partial charge in [-0.1, -0.05) is 0 Å². The average molecular weight is 368 g/mol. The van der Waals surface area contributed by atoms with Gasteiger partial charge in [-0.15, -0.1) is 0 Å². The van der Waals surface area contributed by atoms with E-state index in [1.165, 1.54) is 0 Å². The first kappa shape index (κ1) is 18.8. The predicted octanol–water partition coefficient (Wildman–Crippen LogP) is 3.40. The van der Waals surface area contributed by atoms with Crippen LogP contribution in [0.5, 0.6) is 11.5 Å². The lowest BCUT2D eigenvalue weighted by molar-refractivity contribution is -0.117. The second kappa shape index (κ2) is 8.58. The van der Waals surface area contributed by atoms with Gasteiger partial charge < -0.3 is 19.7 Å². The predicted molar refractivity (Wildman–Crippen MR) is 105 cm³/mol. The van der Waals surface area contributed by atoms with E-state index in [0.717, 1.165) is 35.7 Å². The van der Waals surface area contributed by atoms with Gasteiger partial charge in [-0.05, 0) is 60.9 Å². The van der Waals surface area contributed by atoms with Crippen molar-refractivity contribution in [2.24, 2.45) is 0 Å². The molecule has 1 fully saturated rings. The SMILES string of the molecule is COc1ccc(OC)c(CCC(=O)Nc2ccc(N3CCCC3=O)cc2)c1.